The molecule has 170 valence electrons. The van der Waals surface area contributed by atoms with Crippen LogP contribution in [0.5, 0.6) is 0 Å². The van der Waals surface area contributed by atoms with Gasteiger partial charge in [0, 0.05) is 43.1 Å². The molecule has 2 aliphatic heterocycles. The van der Waals surface area contributed by atoms with Crippen LogP contribution in [0.25, 0.3) is 28.3 Å². The van der Waals surface area contributed by atoms with E-state index in [1.54, 1.807) is 6.33 Å². The normalized spacial score (nSPS) is 17.0. The minimum atomic E-state index is 0.586. The van der Waals surface area contributed by atoms with Crippen LogP contribution >= 0.6 is 0 Å². The van der Waals surface area contributed by atoms with E-state index in [1.807, 2.05) is 24.3 Å². The number of nitriles is 1. The molecular weight excluding hydrogens is 422 g/mol. The van der Waals surface area contributed by atoms with Gasteiger partial charge in [0.25, 0.3) is 0 Å². The zero-order chi connectivity index (χ0) is 23.2. The number of rotatable bonds is 3. The largest absolute Gasteiger partial charge is 0.370 e. The lowest BCUT2D eigenvalue weighted by Crippen LogP contribution is -2.45. The highest BCUT2D eigenvalue weighted by molar-refractivity contribution is 5.72. The van der Waals surface area contributed by atoms with Gasteiger partial charge in [0.1, 0.15) is 6.33 Å². The third kappa shape index (κ3) is 3.47. The molecule has 4 aromatic rings. The Balaban J connectivity index is 1.39. The molecule has 2 aromatic carbocycles. The molecule has 0 amide bonds. The van der Waals surface area contributed by atoms with E-state index < -0.39 is 0 Å². The Morgan fingerprint density at radius 3 is 2.71 bits per heavy atom. The Morgan fingerprint density at radius 2 is 1.91 bits per heavy atom. The van der Waals surface area contributed by atoms with Gasteiger partial charge in [-0.3, -0.25) is 4.57 Å². The first-order valence-corrected chi connectivity index (χ1v) is 11.8. The number of nitrogens with zero attached hydrogens (tertiary/aromatic N) is 7. The molecule has 7 heteroatoms. The van der Waals surface area contributed by atoms with E-state index in [1.165, 1.54) is 24.1 Å². The average Bonchev–Trinajstić information content (AvgIpc) is 3.49. The van der Waals surface area contributed by atoms with Crippen molar-refractivity contribution in [2.24, 2.45) is 0 Å². The summed E-state index contributed by atoms with van der Waals surface area (Å²) < 4.78 is 4.36. The maximum absolute atomic E-state index is 9.12. The highest BCUT2D eigenvalue weighted by atomic mass is 15.3. The lowest BCUT2D eigenvalue weighted by atomic mass is 10.0. The summed E-state index contributed by atoms with van der Waals surface area (Å²) in [5.41, 5.74) is 7.57. The summed E-state index contributed by atoms with van der Waals surface area (Å²) in [5, 5.41) is 17.8. The van der Waals surface area contributed by atoms with Gasteiger partial charge in [0.15, 0.2) is 5.82 Å². The summed E-state index contributed by atoms with van der Waals surface area (Å²) in [4.78, 5) is 4.86. The van der Waals surface area contributed by atoms with Crippen molar-refractivity contribution < 1.29 is 0 Å². The van der Waals surface area contributed by atoms with E-state index in [-0.39, 0.29) is 0 Å². The minimum absolute atomic E-state index is 0.586. The fourth-order valence-corrected chi connectivity index (χ4v) is 5.23. The van der Waals surface area contributed by atoms with Gasteiger partial charge in [-0.25, -0.2) is 0 Å². The number of anilines is 1. The molecule has 0 unspecified atom stereocenters. The van der Waals surface area contributed by atoms with Crippen molar-refractivity contribution in [3.63, 3.8) is 0 Å². The second kappa shape index (κ2) is 8.15. The predicted octanol–water partition coefficient (Wildman–Crippen LogP) is 4.17. The van der Waals surface area contributed by atoms with Gasteiger partial charge in [-0.05, 0) is 74.5 Å². The molecule has 6 rings (SSSR count). The Kier molecular flexibility index (Phi) is 4.96. The van der Waals surface area contributed by atoms with Crippen LogP contribution < -0.4 is 4.90 Å². The average molecular weight is 450 g/mol. The van der Waals surface area contributed by atoms with Crippen molar-refractivity contribution in [2.45, 2.75) is 25.4 Å². The van der Waals surface area contributed by atoms with Crippen molar-refractivity contribution >= 4 is 5.69 Å². The first-order valence-electron chi connectivity index (χ1n) is 11.8. The summed E-state index contributed by atoms with van der Waals surface area (Å²) in [6.07, 6.45) is 6.45. The maximum atomic E-state index is 9.12. The molecule has 1 atom stereocenters. The molecule has 2 aromatic heterocycles. The van der Waals surface area contributed by atoms with E-state index in [2.05, 4.69) is 79.8 Å². The van der Waals surface area contributed by atoms with E-state index >= 15 is 0 Å². The Hall–Kier alpha value is -3.89. The van der Waals surface area contributed by atoms with Gasteiger partial charge in [-0.15, -0.1) is 10.2 Å². The molecule has 34 heavy (non-hydrogen) atoms. The molecule has 0 N–H and O–H groups in total. The highest BCUT2D eigenvalue weighted by Gasteiger charge is 2.25. The zero-order valence-corrected chi connectivity index (χ0v) is 19.5. The summed E-state index contributed by atoms with van der Waals surface area (Å²) in [6, 6.07) is 19.5. The molecule has 4 heterocycles. The van der Waals surface area contributed by atoms with E-state index in [0.29, 0.717) is 11.6 Å². The third-order valence-corrected chi connectivity index (χ3v) is 7.18. The molecule has 0 radical (unpaired) electrons. The molecule has 0 spiro atoms. The van der Waals surface area contributed by atoms with Crippen molar-refractivity contribution in [3.05, 3.63) is 72.2 Å². The van der Waals surface area contributed by atoms with Crippen LogP contribution in [0, 0.1) is 11.3 Å². The van der Waals surface area contributed by atoms with Crippen LogP contribution in [0.4, 0.5) is 5.69 Å². The van der Waals surface area contributed by atoms with Gasteiger partial charge in [-0.2, -0.15) is 5.26 Å². The Bertz CT molecular complexity index is 1390. The van der Waals surface area contributed by atoms with Gasteiger partial charge in [0.2, 0.25) is 0 Å². The van der Waals surface area contributed by atoms with Gasteiger partial charge in [0.05, 0.1) is 23.0 Å². The van der Waals surface area contributed by atoms with E-state index in [4.69, 9.17) is 5.26 Å². The lowest BCUT2D eigenvalue weighted by Gasteiger charge is -2.37. The predicted molar refractivity (Wildman–Crippen MR) is 133 cm³/mol. The maximum Gasteiger partial charge on any atom is 0.185 e. The standard InChI is InChI=1S/C27H27N7/c1-31(2)24-4-3-11-32(17-24)23-9-10-25-22(12-23)16-33-15-21(20-7-5-19(14-28)6-8-20)13-26(33)27-30-29-18-34(25)27/h5-10,12-13,15,18,24H,3-4,11,16-17H2,1-2H3/t24-/m0/s1. The summed E-state index contributed by atoms with van der Waals surface area (Å²) in [5.74, 6) is 0.844. The SMILES string of the molecule is CN(C)[C@H]1CCCN(c2ccc3c(c2)Cn2cc(-c4ccc(C#N)cc4)cc2-c2nncn2-3)C1. The number of hydrogen-bond acceptors (Lipinski definition) is 5. The molecule has 1 saturated heterocycles. The number of hydrogen-bond donors (Lipinski definition) is 0. The second-order valence-corrected chi connectivity index (χ2v) is 9.47. The highest BCUT2D eigenvalue weighted by Crippen LogP contribution is 2.35. The Labute approximate surface area is 199 Å². The molecule has 2 aliphatic rings. The van der Waals surface area contributed by atoms with Gasteiger partial charge < -0.3 is 14.4 Å². The lowest BCUT2D eigenvalue weighted by molar-refractivity contribution is 0.258. The van der Waals surface area contributed by atoms with Crippen molar-refractivity contribution in [1.82, 2.24) is 24.2 Å². The molecule has 7 nitrogen and oxygen atoms in total. The molecule has 1 fully saturated rings. The third-order valence-electron chi connectivity index (χ3n) is 7.18. The first-order chi connectivity index (χ1) is 16.6. The van der Waals surface area contributed by atoms with Crippen LogP contribution in [-0.2, 0) is 6.54 Å². The summed E-state index contributed by atoms with van der Waals surface area (Å²) in [7, 11) is 4.36. The fourth-order valence-electron chi connectivity index (χ4n) is 5.23. The number of likely N-dealkylation sites (N-methyl/N-ethyl adjacent to an activating group) is 1. The fraction of sp³-hybridized carbons (Fsp3) is 0.296. The monoisotopic (exact) mass is 449 g/mol. The molecule has 0 bridgehead atoms. The molecular formula is C27H27N7. The Morgan fingerprint density at radius 1 is 1.06 bits per heavy atom. The summed E-state index contributed by atoms with van der Waals surface area (Å²) in [6.45, 7) is 2.92. The molecule has 0 aliphatic carbocycles. The van der Waals surface area contributed by atoms with Crippen LogP contribution in [0.15, 0.2) is 61.1 Å². The van der Waals surface area contributed by atoms with Crippen molar-refractivity contribution in [2.75, 3.05) is 32.1 Å². The first kappa shape index (κ1) is 20.7. The zero-order valence-electron chi connectivity index (χ0n) is 19.5. The van der Waals surface area contributed by atoms with Crippen molar-refractivity contribution in [1.29, 1.82) is 5.26 Å². The molecule has 0 saturated carbocycles. The van der Waals surface area contributed by atoms with Gasteiger partial charge in [-0.1, -0.05) is 12.1 Å². The smallest absolute Gasteiger partial charge is 0.185 e. The van der Waals surface area contributed by atoms with Crippen LogP contribution in [0.1, 0.15) is 24.0 Å². The summed E-state index contributed by atoms with van der Waals surface area (Å²) >= 11 is 0. The van der Waals surface area contributed by atoms with Gasteiger partial charge >= 0.3 is 0 Å². The second-order valence-electron chi connectivity index (χ2n) is 9.47. The number of benzene rings is 2. The van der Waals surface area contributed by atoms with E-state index in [9.17, 15) is 0 Å². The van der Waals surface area contributed by atoms with Crippen LogP contribution in [0.2, 0.25) is 0 Å². The topological polar surface area (TPSA) is 65.9 Å². The van der Waals surface area contributed by atoms with E-state index in [0.717, 1.165) is 48.0 Å². The number of aromatic nitrogens is 4. The van der Waals surface area contributed by atoms with Crippen LogP contribution in [-0.4, -0.2) is 57.5 Å². The van der Waals surface area contributed by atoms with Crippen molar-refractivity contribution in [3.8, 4) is 34.4 Å². The number of fused-ring (bicyclic) bond motifs is 5. The minimum Gasteiger partial charge on any atom is -0.370 e. The number of piperidine rings is 1. The van der Waals surface area contributed by atoms with Crippen LogP contribution in [0.3, 0.4) is 0 Å². The quantitative estimate of drug-likeness (QED) is 0.414.